The number of aryl methyl sites for hydroxylation is 1. The molecule has 0 atom stereocenters. The molecule has 142 valence electrons. The van der Waals surface area contributed by atoms with Gasteiger partial charge in [-0.25, -0.2) is 9.97 Å². The number of nitrogens with one attached hydrogen (secondary N) is 2. The van der Waals surface area contributed by atoms with E-state index in [9.17, 15) is 4.79 Å². The van der Waals surface area contributed by atoms with E-state index in [0.29, 0.717) is 18.9 Å². The number of fused-ring (bicyclic) bond motifs is 3. The minimum absolute atomic E-state index is 0.209. The van der Waals surface area contributed by atoms with Crippen LogP contribution < -0.4 is 5.32 Å². The third kappa shape index (κ3) is 3.06. The van der Waals surface area contributed by atoms with Crippen molar-refractivity contribution in [1.29, 1.82) is 0 Å². The molecule has 0 spiro atoms. The second kappa shape index (κ2) is 6.63. The first-order valence-corrected chi connectivity index (χ1v) is 9.37. The summed E-state index contributed by atoms with van der Waals surface area (Å²) >= 11 is 0. The van der Waals surface area contributed by atoms with Gasteiger partial charge in [0.2, 0.25) is 0 Å². The Bertz CT molecular complexity index is 1170. The number of aromatic nitrogens is 5. The Morgan fingerprint density at radius 1 is 1.36 bits per heavy atom. The van der Waals surface area contributed by atoms with Crippen molar-refractivity contribution in [1.82, 2.24) is 24.6 Å². The maximum absolute atomic E-state index is 11.4. The van der Waals surface area contributed by atoms with Crippen molar-refractivity contribution >= 4 is 28.6 Å². The number of carbonyl (C=O) groups is 1. The molecule has 28 heavy (non-hydrogen) atoms. The molecule has 2 N–H and O–H groups in total. The van der Waals surface area contributed by atoms with E-state index < -0.39 is 0 Å². The summed E-state index contributed by atoms with van der Waals surface area (Å²) < 4.78 is 6.51. The molecule has 1 fully saturated rings. The predicted molar refractivity (Wildman–Crippen MR) is 105 cm³/mol. The minimum Gasteiger partial charge on any atom is -0.469 e. The lowest BCUT2D eigenvalue weighted by Gasteiger charge is -2.05. The van der Waals surface area contributed by atoms with Gasteiger partial charge in [0.05, 0.1) is 19.1 Å². The lowest BCUT2D eigenvalue weighted by atomic mass is 10.0. The van der Waals surface area contributed by atoms with E-state index in [4.69, 9.17) is 14.8 Å². The number of methoxy groups -OCH3 is 1. The van der Waals surface area contributed by atoms with Gasteiger partial charge in [-0.05, 0) is 30.9 Å². The highest BCUT2D eigenvalue weighted by Crippen LogP contribution is 2.29. The van der Waals surface area contributed by atoms with Crippen LogP contribution in [0.25, 0.3) is 28.1 Å². The fourth-order valence-electron chi connectivity index (χ4n) is 3.30. The van der Waals surface area contributed by atoms with Crippen molar-refractivity contribution < 1.29 is 9.53 Å². The lowest BCUT2D eigenvalue weighted by Crippen LogP contribution is -2.06. The molecule has 3 heterocycles. The molecule has 3 aromatic heterocycles. The zero-order chi connectivity index (χ0) is 19.1. The van der Waals surface area contributed by atoms with Crippen LogP contribution in [0, 0.1) is 0 Å². The third-order valence-corrected chi connectivity index (χ3v) is 4.96. The van der Waals surface area contributed by atoms with Gasteiger partial charge in [0, 0.05) is 24.1 Å². The Morgan fingerprint density at radius 3 is 3.07 bits per heavy atom. The first-order chi connectivity index (χ1) is 13.7. The Morgan fingerprint density at radius 2 is 2.25 bits per heavy atom. The SMILES string of the molecule is COC(=O)CCc1cccc(-c2cc3nc(NC4CC4)c4nc[nH]c4n3n2)c1. The molecule has 1 aromatic carbocycles. The summed E-state index contributed by atoms with van der Waals surface area (Å²) in [5.41, 5.74) is 5.25. The van der Waals surface area contributed by atoms with Crippen LogP contribution in [-0.2, 0) is 16.0 Å². The molecule has 0 unspecified atom stereocenters. The van der Waals surface area contributed by atoms with Crippen LogP contribution in [0.1, 0.15) is 24.8 Å². The number of aromatic amines is 1. The highest BCUT2D eigenvalue weighted by molar-refractivity contribution is 5.86. The Balaban J connectivity index is 1.52. The van der Waals surface area contributed by atoms with Crippen LogP contribution in [0.3, 0.4) is 0 Å². The maximum Gasteiger partial charge on any atom is 0.305 e. The summed E-state index contributed by atoms with van der Waals surface area (Å²) in [6, 6.07) is 10.5. The van der Waals surface area contributed by atoms with E-state index in [0.717, 1.165) is 39.4 Å². The van der Waals surface area contributed by atoms with Crippen molar-refractivity contribution in [2.75, 3.05) is 12.4 Å². The zero-order valence-electron chi connectivity index (χ0n) is 15.5. The molecule has 5 rings (SSSR count). The quantitative estimate of drug-likeness (QED) is 0.502. The molecular weight excluding hydrogens is 356 g/mol. The molecule has 0 radical (unpaired) electrons. The first-order valence-electron chi connectivity index (χ1n) is 9.37. The van der Waals surface area contributed by atoms with Crippen molar-refractivity contribution in [2.24, 2.45) is 0 Å². The molecular formula is C20H20N6O2. The van der Waals surface area contributed by atoms with Crippen LogP contribution >= 0.6 is 0 Å². The maximum atomic E-state index is 11.4. The monoisotopic (exact) mass is 376 g/mol. The molecule has 0 bridgehead atoms. The number of H-pyrrole nitrogens is 1. The second-order valence-corrected chi connectivity index (χ2v) is 7.05. The summed E-state index contributed by atoms with van der Waals surface area (Å²) in [4.78, 5) is 23.7. The number of ether oxygens (including phenoxy) is 1. The fourth-order valence-corrected chi connectivity index (χ4v) is 3.30. The minimum atomic E-state index is -0.209. The highest BCUT2D eigenvalue weighted by Gasteiger charge is 2.24. The van der Waals surface area contributed by atoms with Gasteiger partial charge in [0.25, 0.3) is 0 Å². The number of hydrogen-bond donors (Lipinski definition) is 2. The number of rotatable bonds is 6. The highest BCUT2D eigenvalue weighted by atomic mass is 16.5. The molecule has 1 saturated carbocycles. The van der Waals surface area contributed by atoms with Crippen molar-refractivity contribution in [2.45, 2.75) is 31.7 Å². The van der Waals surface area contributed by atoms with Crippen molar-refractivity contribution in [3.05, 3.63) is 42.2 Å². The molecule has 1 aliphatic carbocycles. The van der Waals surface area contributed by atoms with Gasteiger partial charge >= 0.3 is 5.97 Å². The van der Waals surface area contributed by atoms with E-state index in [1.807, 2.05) is 24.3 Å². The Hall–Kier alpha value is -3.42. The number of benzene rings is 1. The molecule has 8 heteroatoms. The summed E-state index contributed by atoms with van der Waals surface area (Å²) in [6.45, 7) is 0. The zero-order valence-corrected chi connectivity index (χ0v) is 15.5. The average Bonchev–Trinajstić information content (AvgIpc) is 3.21. The van der Waals surface area contributed by atoms with E-state index in [1.165, 1.54) is 20.0 Å². The van der Waals surface area contributed by atoms with Gasteiger partial charge in [-0.15, -0.1) is 0 Å². The largest absolute Gasteiger partial charge is 0.469 e. The summed E-state index contributed by atoms with van der Waals surface area (Å²) in [6.07, 6.45) is 4.99. The molecule has 8 nitrogen and oxygen atoms in total. The third-order valence-electron chi connectivity index (χ3n) is 4.96. The van der Waals surface area contributed by atoms with E-state index in [2.05, 4.69) is 21.4 Å². The number of hydrogen-bond acceptors (Lipinski definition) is 6. The topological polar surface area (TPSA) is 97.2 Å². The van der Waals surface area contributed by atoms with Crippen molar-refractivity contribution in [3.8, 4) is 11.3 Å². The normalized spacial score (nSPS) is 13.9. The number of anilines is 1. The number of nitrogens with zero attached hydrogens (tertiary/aromatic N) is 4. The molecule has 1 aliphatic rings. The lowest BCUT2D eigenvalue weighted by molar-refractivity contribution is -0.140. The van der Waals surface area contributed by atoms with Gasteiger partial charge in [-0.3, -0.25) is 4.79 Å². The molecule has 0 aliphatic heterocycles. The average molecular weight is 376 g/mol. The van der Waals surface area contributed by atoms with Crippen LogP contribution in [0.15, 0.2) is 36.7 Å². The number of imidazole rings is 1. The number of carbonyl (C=O) groups excluding carboxylic acids is 1. The van der Waals surface area contributed by atoms with Crippen molar-refractivity contribution in [3.63, 3.8) is 0 Å². The summed E-state index contributed by atoms with van der Waals surface area (Å²) in [7, 11) is 1.41. The Kier molecular flexibility index (Phi) is 3.96. The first kappa shape index (κ1) is 16.7. The van der Waals surface area contributed by atoms with Crippen LogP contribution in [0.2, 0.25) is 0 Å². The van der Waals surface area contributed by atoms with E-state index in [-0.39, 0.29) is 5.97 Å². The van der Waals surface area contributed by atoms with Gasteiger partial charge in [-0.1, -0.05) is 18.2 Å². The second-order valence-electron chi connectivity index (χ2n) is 7.05. The smallest absolute Gasteiger partial charge is 0.305 e. The van der Waals surface area contributed by atoms with Crippen LogP contribution in [-0.4, -0.2) is 43.7 Å². The van der Waals surface area contributed by atoms with Crippen LogP contribution in [0.5, 0.6) is 0 Å². The van der Waals surface area contributed by atoms with E-state index >= 15 is 0 Å². The van der Waals surface area contributed by atoms with Gasteiger partial charge in [0.15, 0.2) is 17.1 Å². The predicted octanol–water partition coefficient (Wildman–Crippen LogP) is 2.95. The molecule has 0 saturated heterocycles. The van der Waals surface area contributed by atoms with Gasteiger partial charge in [-0.2, -0.15) is 9.61 Å². The van der Waals surface area contributed by atoms with Gasteiger partial charge < -0.3 is 15.0 Å². The summed E-state index contributed by atoms with van der Waals surface area (Å²) in [5, 5.41) is 8.18. The fraction of sp³-hybridized carbons (Fsp3) is 0.300. The summed E-state index contributed by atoms with van der Waals surface area (Å²) in [5.74, 6) is 0.587. The van der Waals surface area contributed by atoms with E-state index in [1.54, 1.807) is 10.8 Å². The Labute approximate surface area is 160 Å². The molecule has 0 amide bonds. The molecule has 4 aromatic rings. The number of esters is 1. The van der Waals surface area contributed by atoms with Gasteiger partial charge in [0.1, 0.15) is 5.52 Å². The van der Waals surface area contributed by atoms with Crippen LogP contribution in [0.4, 0.5) is 5.82 Å². The standard InChI is InChI=1S/C20H20N6O2/c1-28-17(27)8-5-12-3-2-4-13(9-12)15-10-16-24-19(23-14-6-7-14)18-20(22-11-21-18)26(16)25-15/h2-4,9-11,14H,5-8H2,1H3,(H,21,22)(H,23,24).